The number of carbonyl (C=O) groups excluding carboxylic acids is 2. The lowest BCUT2D eigenvalue weighted by atomic mass is 9.86. The molecule has 0 radical (unpaired) electrons. The number of halogens is 4. The van der Waals surface area contributed by atoms with Gasteiger partial charge in [-0.3, -0.25) is 10.1 Å². The molecule has 248 valence electrons. The summed E-state index contributed by atoms with van der Waals surface area (Å²) >= 11 is 6.11. The van der Waals surface area contributed by atoms with E-state index >= 15 is 0 Å². The summed E-state index contributed by atoms with van der Waals surface area (Å²) in [4.78, 5) is 28.0. The van der Waals surface area contributed by atoms with Crippen LogP contribution >= 0.6 is 11.6 Å². The number of hydrazone groups is 1. The lowest BCUT2D eigenvalue weighted by Gasteiger charge is -2.30. The first kappa shape index (κ1) is 35.1. The van der Waals surface area contributed by atoms with Crippen LogP contribution in [0.2, 0.25) is 5.02 Å². The predicted octanol–water partition coefficient (Wildman–Crippen LogP) is 5.07. The van der Waals surface area contributed by atoms with E-state index in [0.29, 0.717) is 34.9 Å². The van der Waals surface area contributed by atoms with Crippen molar-refractivity contribution in [2.24, 2.45) is 20.2 Å². The van der Waals surface area contributed by atoms with Gasteiger partial charge in [-0.1, -0.05) is 54.1 Å². The standard InChI is InChI=1S/C31H30ClF3N6O5S/c1-30(2,3)46-27(43)26(42)37-28(36)38-29(40-47(44,45)23-15-11-21(12-16-23)31(33,34)35)41-18-17-24(19-7-5-4-6-8-19)25(39-41)20-9-13-22(32)14-10-20/h4-16,24H,17-18H2,1-3H3,(H3,36,37,38,40,42). The van der Waals surface area contributed by atoms with Gasteiger partial charge in [0.15, 0.2) is 0 Å². The number of amides is 1. The van der Waals surface area contributed by atoms with Gasteiger partial charge in [-0.15, -0.1) is 4.40 Å². The Morgan fingerprint density at radius 3 is 2.19 bits per heavy atom. The Labute approximate surface area is 274 Å². The Morgan fingerprint density at radius 1 is 1.00 bits per heavy atom. The van der Waals surface area contributed by atoms with Crippen molar-refractivity contribution in [1.29, 1.82) is 0 Å². The maximum atomic E-state index is 13.4. The Morgan fingerprint density at radius 2 is 1.62 bits per heavy atom. The minimum atomic E-state index is -4.71. The molecule has 3 aromatic rings. The SMILES string of the molecule is CC(C)(C)OC(=O)C(=O)N/C(N)=N\C(=N\S(=O)(=O)c1ccc(C(F)(F)F)cc1)N1CCC(c2ccccc2)C(c2ccc(Cl)cc2)=N1. The fourth-order valence-electron chi connectivity index (χ4n) is 4.40. The van der Waals surface area contributed by atoms with E-state index in [1.807, 2.05) is 35.6 Å². The maximum absolute atomic E-state index is 13.4. The molecule has 1 heterocycles. The fourth-order valence-corrected chi connectivity index (χ4v) is 5.46. The number of ether oxygens (including phenoxy) is 1. The second-order valence-corrected chi connectivity index (χ2v) is 13.2. The van der Waals surface area contributed by atoms with Crippen molar-refractivity contribution in [1.82, 2.24) is 10.3 Å². The van der Waals surface area contributed by atoms with Gasteiger partial charge in [-0.05, 0) is 74.7 Å². The van der Waals surface area contributed by atoms with Crippen molar-refractivity contribution in [3.8, 4) is 0 Å². The van der Waals surface area contributed by atoms with Crippen LogP contribution < -0.4 is 11.1 Å². The molecule has 1 atom stereocenters. The largest absolute Gasteiger partial charge is 0.453 e. The number of benzene rings is 3. The lowest BCUT2D eigenvalue weighted by Crippen LogP contribution is -2.45. The molecular weight excluding hydrogens is 661 g/mol. The van der Waals surface area contributed by atoms with Crippen LogP contribution in [0.15, 0.2) is 98.2 Å². The number of carbonyl (C=O) groups is 2. The average Bonchev–Trinajstić information content (AvgIpc) is 3.00. The van der Waals surface area contributed by atoms with Gasteiger partial charge in [0.05, 0.1) is 16.2 Å². The van der Waals surface area contributed by atoms with Gasteiger partial charge in [0, 0.05) is 17.5 Å². The molecule has 0 saturated carbocycles. The van der Waals surface area contributed by atoms with E-state index in [1.54, 1.807) is 45.0 Å². The van der Waals surface area contributed by atoms with Gasteiger partial charge in [-0.25, -0.2) is 9.80 Å². The molecule has 0 fully saturated rings. The molecule has 11 nitrogen and oxygen atoms in total. The second-order valence-electron chi connectivity index (χ2n) is 11.2. The Balaban J connectivity index is 1.81. The number of hydrogen-bond donors (Lipinski definition) is 2. The summed E-state index contributed by atoms with van der Waals surface area (Å²) in [6.45, 7) is 4.68. The molecule has 1 aliphatic rings. The molecule has 0 bridgehead atoms. The molecule has 0 aliphatic carbocycles. The van der Waals surface area contributed by atoms with Crippen molar-refractivity contribution < 1.29 is 35.9 Å². The highest BCUT2D eigenvalue weighted by molar-refractivity contribution is 7.90. The van der Waals surface area contributed by atoms with E-state index in [2.05, 4.69) is 14.5 Å². The van der Waals surface area contributed by atoms with Gasteiger partial charge >= 0.3 is 18.1 Å². The van der Waals surface area contributed by atoms with Crippen molar-refractivity contribution >= 4 is 51.1 Å². The Bertz CT molecular complexity index is 1820. The van der Waals surface area contributed by atoms with Gasteiger partial charge in [-0.2, -0.15) is 31.7 Å². The number of hydrogen-bond acceptors (Lipinski definition) is 6. The molecule has 3 N–H and O–H groups in total. The number of nitrogens with two attached hydrogens (primary N) is 1. The third-order valence-corrected chi connectivity index (χ3v) is 8.01. The third-order valence-electron chi connectivity index (χ3n) is 6.49. The van der Waals surface area contributed by atoms with Gasteiger partial charge in [0.25, 0.3) is 16.0 Å². The number of esters is 1. The summed E-state index contributed by atoms with van der Waals surface area (Å²) in [5.41, 5.74) is 5.90. The summed E-state index contributed by atoms with van der Waals surface area (Å²) in [5, 5.41) is 8.31. The second kappa shape index (κ2) is 13.9. The molecule has 16 heteroatoms. The minimum Gasteiger partial charge on any atom is -0.453 e. The molecule has 47 heavy (non-hydrogen) atoms. The minimum absolute atomic E-state index is 0.0504. The smallest absolute Gasteiger partial charge is 0.416 e. The molecule has 0 spiro atoms. The Kier molecular flexibility index (Phi) is 10.4. The molecule has 0 saturated heterocycles. The molecule has 1 amide bonds. The molecule has 0 aromatic heterocycles. The maximum Gasteiger partial charge on any atom is 0.416 e. The van der Waals surface area contributed by atoms with Gasteiger partial charge < -0.3 is 10.5 Å². The van der Waals surface area contributed by atoms with E-state index < -0.39 is 56.1 Å². The summed E-state index contributed by atoms with van der Waals surface area (Å²) < 4.78 is 74.8. The molecule has 4 rings (SSSR count). The number of alkyl halides is 3. The summed E-state index contributed by atoms with van der Waals surface area (Å²) in [5.74, 6) is -4.19. The number of nitrogens with zero attached hydrogens (tertiary/aromatic N) is 4. The zero-order valence-electron chi connectivity index (χ0n) is 25.3. The quantitative estimate of drug-likeness (QED) is 0.168. The fraction of sp³-hybridized carbons (Fsp3) is 0.258. The van der Waals surface area contributed by atoms with Gasteiger partial charge in [0.1, 0.15) is 5.60 Å². The van der Waals surface area contributed by atoms with Gasteiger partial charge in [0.2, 0.25) is 5.96 Å². The van der Waals surface area contributed by atoms with Crippen LogP contribution in [0, 0.1) is 0 Å². The summed E-state index contributed by atoms with van der Waals surface area (Å²) in [6, 6.07) is 18.9. The van der Waals surface area contributed by atoms with Crippen molar-refractivity contribution in [2.45, 2.75) is 49.8 Å². The topological polar surface area (TPSA) is 156 Å². The van der Waals surface area contributed by atoms with Crippen LogP contribution in [-0.2, 0) is 30.5 Å². The van der Waals surface area contributed by atoms with E-state index in [4.69, 9.17) is 22.1 Å². The first-order chi connectivity index (χ1) is 21.9. The first-order valence-electron chi connectivity index (χ1n) is 14.0. The highest BCUT2D eigenvalue weighted by Crippen LogP contribution is 2.32. The molecule has 1 aliphatic heterocycles. The Hall–Kier alpha value is -4.76. The van der Waals surface area contributed by atoms with Crippen LogP contribution in [0.1, 0.15) is 49.8 Å². The number of sulfonamides is 1. The van der Waals surface area contributed by atoms with Crippen LogP contribution in [0.3, 0.4) is 0 Å². The van der Waals surface area contributed by atoms with E-state index in [9.17, 15) is 31.2 Å². The molecular formula is C31H30ClF3N6O5S. The summed E-state index contributed by atoms with van der Waals surface area (Å²) in [7, 11) is -4.71. The van der Waals surface area contributed by atoms with Crippen molar-refractivity contribution in [2.75, 3.05) is 6.54 Å². The van der Waals surface area contributed by atoms with Crippen LogP contribution in [0.4, 0.5) is 13.2 Å². The first-order valence-corrected chi connectivity index (χ1v) is 15.8. The monoisotopic (exact) mass is 690 g/mol. The number of aliphatic imine (C=N–C) groups is 1. The van der Waals surface area contributed by atoms with Crippen LogP contribution in [-0.4, -0.2) is 55.1 Å². The van der Waals surface area contributed by atoms with Crippen LogP contribution in [0.25, 0.3) is 0 Å². The van der Waals surface area contributed by atoms with Crippen LogP contribution in [0.5, 0.6) is 0 Å². The normalized spacial score (nSPS) is 16.4. The predicted molar refractivity (Wildman–Crippen MR) is 170 cm³/mol. The molecule has 3 aromatic carbocycles. The number of guanidine groups is 2. The lowest BCUT2D eigenvalue weighted by molar-refractivity contribution is -0.162. The van der Waals surface area contributed by atoms with Crippen molar-refractivity contribution in [3.05, 3.63) is 101 Å². The molecule has 1 unspecified atom stereocenters. The number of nitrogens with one attached hydrogen (secondary N) is 1. The van der Waals surface area contributed by atoms with E-state index in [-0.39, 0.29) is 12.5 Å². The highest BCUT2D eigenvalue weighted by atomic mass is 35.5. The third kappa shape index (κ3) is 9.39. The van der Waals surface area contributed by atoms with E-state index in [0.717, 1.165) is 22.7 Å². The zero-order chi connectivity index (χ0) is 34.6. The highest BCUT2D eigenvalue weighted by Gasteiger charge is 2.32. The average molecular weight is 691 g/mol. The zero-order valence-corrected chi connectivity index (χ0v) is 26.9. The summed E-state index contributed by atoms with van der Waals surface area (Å²) in [6.07, 6.45) is -4.32. The van der Waals surface area contributed by atoms with E-state index in [1.165, 1.54) is 0 Å². The number of rotatable bonds is 4. The van der Waals surface area contributed by atoms with Crippen molar-refractivity contribution in [3.63, 3.8) is 0 Å².